The number of nitrogens with zero attached hydrogens (tertiary/aromatic N) is 3. The minimum absolute atomic E-state index is 0.0133. The van der Waals surface area contributed by atoms with E-state index < -0.39 is 22.2 Å². The number of rotatable bonds is 6. The lowest BCUT2D eigenvalue weighted by Crippen LogP contribution is -2.51. The molecule has 3 atom stereocenters. The van der Waals surface area contributed by atoms with Crippen LogP contribution in [0.5, 0.6) is 5.75 Å². The molecule has 1 aromatic carbocycles. The number of benzene rings is 1. The van der Waals surface area contributed by atoms with Gasteiger partial charge in [0.05, 0.1) is 19.7 Å². The van der Waals surface area contributed by atoms with E-state index in [1.807, 2.05) is 39.8 Å². The summed E-state index contributed by atoms with van der Waals surface area (Å²) in [5, 5.41) is 12.6. The Hall–Kier alpha value is -2.32. The van der Waals surface area contributed by atoms with Crippen molar-refractivity contribution in [1.29, 1.82) is 0 Å². The number of fused-ring (bicyclic) bond motifs is 1. The van der Waals surface area contributed by atoms with Crippen molar-refractivity contribution in [3.8, 4) is 17.6 Å². The van der Waals surface area contributed by atoms with Gasteiger partial charge in [0, 0.05) is 37.2 Å². The zero-order valence-corrected chi connectivity index (χ0v) is 22.0. The minimum Gasteiger partial charge on any atom is -0.487 e. The van der Waals surface area contributed by atoms with E-state index in [4.69, 9.17) is 4.74 Å². The third kappa shape index (κ3) is 7.09. The van der Waals surface area contributed by atoms with Gasteiger partial charge in [0.15, 0.2) is 0 Å². The van der Waals surface area contributed by atoms with Crippen LogP contribution in [-0.2, 0) is 10.0 Å². The Kier molecular flexibility index (Phi) is 9.76. The normalized spacial score (nSPS) is 20.9. The Morgan fingerprint density at radius 2 is 1.97 bits per heavy atom. The van der Waals surface area contributed by atoms with Crippen LogP contribution in [0.3, 0.4) is 0 Å². The summed E-state index contributed by atoms with van der Waals surface area (Å²) in [6, 6.07) is 3.94. The van der Waals surface area contributed by atoms with Gasteiger partial charge in [0.2, 0.25) is 10.0 Å². The highest BCUT2D eigenvalue weighted by molar-refractivity contribution is 7.89. The molecule has 1 aliphatic rings. The maximum absolute atomic E-state index is 13.5. The number of aliphatic hydroxyl groups excluding tert-OH is 1. The van der Waals surface area contributed by atoms with E-state index in [0.717, 1.165) is 0 Å². The van der Waals surface area contributed by atoms with Crippen LogP contribution in [0, 0.1) is 17.8 Å². The van der Waals surface area contributed by atoms with Crippen molar-refractivity contribution in [2.75, 3.05) is 47.4 Å². The molecule has 0 unspecified atom stereocenters. The highest BCUT2D eigenvalue weighted by atomic mass is 32.2. The molecule has 2 amide bonds. The van der Waals surface area contributed by atoms with Gasteiger partial charge in [0.1, 0.15) is 16.7 Å². The van der Waals surface area contributed by atoms with Gasteiger partial charge in [-0.3, -0.25) is 4.90 Å². The Balaban J connectivity index is 2.50. The summed E-state index contributed by atoms with van der Waals surface area (Å²) in [4.78, 5) is 16.0. The van der Waals surface area contributed by atoms with Crippen LogP contribution in [0.4, 0.5) is 4.79 Å². The highest BCUT2D eigenvalue weighted by Crippen LogP contribution is 2.34. The largest absolute Gasteiger partial charge is 0.487 e. The second-order valence-electron chi connectivity index (χ2n) is 9.43. The maximum Gasteiger partial charge on any atom is 0.317 e. The number of ether oxygens (including phenoxy) is 1. The molecule has 0 radical (unpaired) electrons. The van der Waals surface area contributed by atoms with Gasteiger partial charge in [-0.05, 0) is 53.1 Å². The fraction of sp³-hybridized carbons (Fsp3) is 0.625. The molecule has 0 spiro atoms. The molecule has 0 aromatic heterocycles. The first-order valence-electron chi connectivity index (χ1n) is 11.5. The van der Waals surface area contributed by atoms with E-state index >= 15 is 0 Å². The monoisotopic (exact) mass is 494 g/mol. The van der Waals surface area contributed by atoms with E-state index in [-0.39, 0.29) is 48.3 Å². The molecule has 0 fully saturated rings. The van der Waals surface area contributed by atoms with Crippen molar-refractivity contribution < 1.29 is 23.1 Å². The zero-order valence-electron chi connectivity index (χ0n) is 21.2. The second kappa shape index (κ2) is 11.9. The van der Waals surface area contributed by atoms with Gasteiger partial charge < -0.3 is 20.1 Å². The van der Waals surface area contributed by atoms with E-state index in [1.165, 1.54) is 15.3 Å². The quantitative estimate of drug-likeness (QED) is 0.580. The lowest BCUT2D eigenvalue weighted by Gasteiger charge is -2.37. The first-order valence-corrected chi connectivity index (χ1v) is 12.9. The lowest BCUT2D eigenvalue weighted by molar-refractivity contribution is 0.0809. The SMILES string of the molecule is CC(C)NC(=O)N(C)C[C@H]1Oc2cc(C#CCN(C)C)ccc2S(=O)(=O)N([C@H](C)CO)C[C@H]1C. The average molecular weight is 495 g/mol. The number of carbonyl (C=O) groups excluding carboxylic acids is 1. The number of aliphatic hydroxyl groups is 1. The van der Waals surface area contributed by atoms with Crippen LogP contribution in [0.1, 0.15) is 33.3 Å². The fourth-order valence-electron chi connectivity index (χ4n) is 3.53. The van der Waals surface area contributed by atoms with Crippen LogP contribution < -0.4 is 10.1 Å². The number of carbonyl (C=O) groups is 1. The van der Waals surface area contributed by atoms with Crippen molar-refractivity contribution >= 4 is 16.1 Å². The number of nitrogens with one attached hydrogen (secondary N) is 1. The van der Waals surface area contributed by atoms with Crippen molar-refractivity contribution in [2.45, 2.75) is 50.8 Å². The van der Waals surface area contributed by atoms with Crippen LogP contribution in [0.25, 0.3) is 0 Å². The van der Waals surface area contributed by atoms with Gasteiger partial charge >= 0.3 is 6.03 Å². The Morgan fingerprint density at radius 1 is 1.29 bits per heavy atom. The maximum atomic E-state index is 13.5. The van der Waals surface area contributed by atoms with E-state index in [2.05, 4.69) is 17.2 Å². The van der Waals surface area contributed by atoms with Crippen LogP contribution >= 0.6 is 0 Å². The second-order valence-corrected chi connectivity index (χ2v) is 11.3. The molecule has 10 heteroatoms. The Labute approximate surface area is 204 Å². The van der Waals surface area contributed by atoms with Gasteiger partial charge in [-0.1, -0.05) is 18.8 Å². The fourth-order valence-corrected chi connectivity index (χ4v) is 5.36. The number of urea groups is 1. The van der Waals surface area contributed by atoms with Crippen molar-refractivity contribution in [2.24, 2.45) is 5.92 Å². The van der Waals surface area contributed by atoms with Gasteiger partial charge in [-0.15, -0.1) is 0 Å². The smallest absolute Gasteiger partial charge is 0.317 e. The van der Waals surface area contributed by atoms with Crippen molar-refractivity contribution in [3.63, 3.8) is 0 Å². The molecule has 0 saturated heterocycles. The lowest BCUT2D eigenvalue weighted by atomic mass is 10.0. The summed E-state index contributed by atoms with van der Waals surface area (Å²) in [6.07, 6.45) is -0.476. The van der Waals surface area contributed by atoms with Gasteiger partial charge in [-0.2, -0.15) is 4.31 Å². The summed E-state index contributed by atoms with van der Waals surface area (Å²) < 4.78 is 34.6. The number of amides is 2. The predicted molar refractivity (Wildman–Crippen MR) is 132 cm³/mol. The first kappa shape index (κ1) is 27.9. The molecular formula is C24H38N4O5S. The topological polar surface area (TPSA) is 102 Å². The van der Waals surface area contributed by atoms with Crippen molar-refractivity contribution in [1.82, 2.24) is 19.4 Å². The molecule has 190 valence electrons. The highest BCUT2D eigenvalue weighted by Gasteiger charge is 2.38. The molecule has 2 N–H and O–H groups in total. The molecule has 1 aromatic rings. The third-order valence-corrected chi connectivity index (χ3v) is 7.53. The molecule has 1 heterocycles. The van der Waals surface area contributed by atoms with Gasteiger partial charge in [-0.25, -0.2) is 13.2 Å². The van der Waals surface area contributed by atoms with E-state index in [9.17, 15) is 18.3 Å². The molecule has 0 saturated carbocycles. The molecule has 2 rings (SSSR count). The average Bonchev–Trinajstić information content (AvgIpc) is 2.74. The molecule has 1 aliphatic heterocycles. The number of hydrogen-bond donors (Lipinski definition) is 2. The number of hydrogen-bond acceptors (Lipinski definition) is 6. The number of sulfonamides is 1. The molecule has 0 aliphatic carbocycles. The van der Waals surface area contributed by atoms with Crippen LogP contribution in [-0.4, -0.2) is 99.2 Å². The summed E-state index contributed by atoms with van der Waals surface area (Å²) in [5.74, 6) is 6.03. The Bertz CT molecular complexity index is 1020. The molecule has 0 bridgehead atoms. The van der Waals surface area contributed by atoms with Gasteiger partial charge in [0.25, 0.3) is 0 Å². The summed E-state index contributed by atoms with van der Waals surface area (Å²) in [6.45, 7) is 7.99. The van der Waals surface area contributed by atoms with Crippen LogP contribution in [0.15, 0.2) is 23.1 Å². The van der Waals surface area contributed by atoms with E-state index in [1.54, 1.807) is 26.1 Å². The van der Waals surface area contributed by atoms with Crippen LogP contribution in [0.2, 0.25) is 0 Å². The molecule has 34 heavy (non-hydrogen) atoms. The first-order chi connectivity index (χ1) is 15.9. The molecular weight excluding hydrogens is 456 g/mol. The minimum atomic E-state index is -3.92. The van der Waals surface area contributed by atoms with E-state index in [0.29, 0.717) is 12.1 Å². The summed E-state index contributed by atoms with van der Waals surface area (Å²) in [7, 11) is 1.59. The number of likely N-dealkylation sites (N-methyl/N-ethyl adjacent to an activating group) is 1. The molecule has 9 nitrogen and oxygen atoms in total. The predicted octanol–water partition coefficient (Wildman–Crippen LogP) is 1.42. The standard InChI is InChI=1S/C24H38N4O5S/c1-17(2)25-24(30)27(7)15-22-18(3)14-28(19(4)16-29)34(31,32)23-11-10-20(13-21(23)33-22)9-8-12-26(5)6/h10-11,13,17-19,22,29H,12,14-16H2,1-7H3,(H,25,30)/t18-,19-,22-/m1/s1. The summed E-state index contributed by atoms with van der Waals surface area (Å²) >= 11 is 0. The zero-order chi connectivity index (χ0) is 25.6. The Morgan fingerprint density at radius 3 is 2.56 bits per heavy atom. The summed E-state index contributed by atoms with van der Waals surface area (Å²) in [5.41, 5.74) is 0.635. The third-order valence-electron chi connectivity index (χ3n) is 5.51. The van der Waals surface area contributed by atoms with Crippen molar-refractivity contribution in [3.05, 3.63) is 23.8 Å².